The van der Waals surface area contributed by atoms with Crippen molar-refractivity contribution in [2.45, 2.75) is 37.8 Å². The number of nitrogens with zero attached hydrogens (tertiary/aromatic N) is 3. The van der Waals surface area contributed by atoms with E-state index in [1.54, 1.807) is 5.38 Å². The molecule has 0 radical (unpaired) electrons. The third-order valence-electron chi connectivity index (χ3n) is 5.16. The van der Waals surface area contributed by atoms with E-state index in [1.165, 1.54) is 4.90 Å². The van der Waals surface area contributed by atoms with Gasteiger partial charge >= 0.3 is 0 Å². The molecule has 1 N–H and O–H groups in total. The van der Waals surface area contributed by atoms with Crippen molar-refractivity contribution in [3.05, 3.63) is 77.3 Å². The number of hydrogen-bond donors (Lipinski definition) is 1. The average molecular weight is 407 g/mol. The Balaban J connectivity index is 1.77. The van der Waals surface area contributed by atoms with E-state index in [-0.39, 0.29) is 23.6 Å². The molecule has 29 heavy (non-hydrogen) atoms. The van der Waals surface area contributed by atoms with Crippen LogP contribution in [0.2, 0.25) is 0 Å². The predicted molar refractivity (Wildman–Crippen MR) is 113 cm³/mol. The van der Waals surface area contributed by atoms with Gasteiger partial charge in [0.1, 0.15) is 6.04 Å². The zero-order chi connectivity index (χ0) is 20.1. The van der Waals surface area contributed by atoms with Gasteiger partial charge in [-0.05, 0) is 42.1 Å². The van der Waals surface area contributed by atoms with Gasteiger partial charge in [0.15, 0.2) is 5.69 Å². The molecule has 1 fully saturated rings. The second-order valence-corrected chi connectivity index (χ2v) is 7.71. The van der Waals surface area contributed by atoms with Gasteiger partial charge < -0.3 is 5.32 Å². The van der Waals surface area contributed by atoms with Crippen LogP contribution in [0.25, 0.3) is 0 Å². The lowest BCUT2D eigenvalue weighted by Crippen LogP contribution is -2.46. The van der Waals surface area contributed by atoms with Crippen LogP contribution in [0.5, 0.6) is 0 Å². The number of nitrogens with one attached hydrogen (secondary N) is 1. The molecule has 6 nitrogen and oxygen atoms in total. The Kier molecular flexibility index (Phi) is 5.95. The Morgan fingerprint density at radius 2 is 1.66 bits per heavy atom. The van der Waals surface area contributed by atoms with Gasteiger partial charge in [0.2, 0.25) is 5.91 Å². The normalized spacial score (nSPS) is 15.0. The van der Waals surface area contributed by atoms with Crippen LogP contribution in [0.4, 0.5) is 5.69 Å². The molecule has 1 aromatic heterocycles. The van der Waals surface area contributed by atoms with Crippen molar-refractivity contribution in [1.82, 2.24) is 14.9 Å². The zero-order valence-electron chi connectivity index (χ0n) is 15.9. The molecule has 2 aromatic carbocycles. The van der Waals surface area contributed by atoms with Crippen LogP contribution in [0, 0.1) is 0 Å². The Hall–Kier alpha value is -3.06. The first-order valence-corrected chi connectivity index (χ1v) is 10.6. The Labute approximate surface area is 173 Å². The number of para-hydroxylation sites is 1. The van der Waals surface area contributed by atoms with E-state index in [4.69, 9.17) is 0 Å². The zero-order valence-corrected chi connectivity index (χ0v) is 16.7. The molecule has 0 unspecified atom stereocenters. The molecule has 1 aliphatic carbocycles. The van der Waals surface area contributed by atoms with Crippen molar-refractivity contribution in [2.24, 2.45) is 0 Å². The molecular weight excluding hydrogens is 384 g/mol. The highest BCUT2D eigenvalue weighted by atomic mass is 32.1. The monoisotopic (exact) mass is 406 g/mol. The molecule has 4 rings (SSSR count). The molecule has 1 saturated carbocycles. The first-order valence-electron chi connectivity index (χ1n) is 9.75. The summed E-state index contributed by atoms with van der Waals surface area (Å²) in [6.07, 6.45) is 4.19. The van der Waals surface area contributed by atoms with Crippen molar-refractivity contribution < 1.29 is 9.59 Å². The average Bonchev–Trinajstić information content (AvgIpc) is 3.47. The van der Waals surface area contributed by atoms with Crippen molar-refractivity contribution in [3.63, 3.8) is 0 Å². The summed E-state index contributed by atoms with van der Waals surface area (Å²) in [6, 6.07) is 18.0. The standard InChI is InChI=1S/C22H22N4O2S/c27-21(23-17-11-7-8-12-17)20(16-9-3-1-4-10-16)26(18-13-5-2-6-14-18)22(28)19-15-29-25-24-19/h1-6,9-10,13-15,17,20H,7-8,11-12H2,(H,23,27)/t20-/m0/s1. The second-order valence-electron chi connectivity index (χ2n) is 7.10. The summed E-state index contributed by atoms with van der Waals surface area (Å²) in [6.45, 7) is 0. The molecular formula is C22H22N4O2S. The maximum Gasteiger partial charge on any atom is 0.280 e. The summed E-state index contributed by atoms with van der Waals surface area (Å²) < 4.78 is 3.82. The van der Waals surface area contributed by atoms with Gasteiger partial charge in [-0.1, -0.05) is 65.9 Å². The molecule has 7 heteroatoms. The summed E-state index contributed by atoms with van der Waals surface area (Å²) in [7, 11) is 0. The van der Waals surface area contributed by atoms with Crippen LogP contribution < -0.4 is 10.2 Å². The van der Waals surface area contributed by atoms with Crippen molar-refractivity contribution in [1.29, 1.82) is 0 Å². The number of benzene rings is 2. The van der Waals surface area contributed by atoms with Gasteiger partial charge in [0.05, 0.1) is 0 Å². The van der Waals surface area contributed by atoms with Gasteiger partial charge in [0, 0.05) is 17.1 Å². The number of amides is 2. The molecule has 148 valence electrons. The fourth-order valence-corrected chi connectivity index (χ4v) is 4.19. The first kappa shape index (κ1) is 19.3. The fraction of sp³-hybridized carbons (Fsp3) is 0.273. The third kappa shape index (κ3) is 4.35. The quantitative estimate of drug-likeness (QED) is 0.672. The largest absolute Gasteiger partial charge is 0.351 e. The number of rotatable bonds is 6. The minimum Gasteiger partial charge on any atom is -0.351 e. The van der Waals surface area contributed by atoms with Gasteiger partial charge in [-0.25, -0.2) is 0 Å². The van der Waals surface area contributed by atoms with E-state index in [2.05, 4.69) is 14.9 Å². The molecule has 1 atom stereocenters. The minimum atomic E-state index is -0.798. The molecule has 0 saturated heterocycles. The fourth-order valence-electron chi connectivity index (χ4n) is 3.76. The van der Waals surface area contributed by atoms with Crippen LogP contribution in [0.3, 0.4) is 0 Å². The molecule has 1 aliphatic rings. The Bertz CT molecular complexity index is 941. The second kappa shape index (κ2) is 8.96. The van der Waals surface area contributed by atoms with E-state index in [0.29, 0.717) is 5.69 Å². The van der Waals surface area contributed by atoms with Crippen LogP contribution in [-0.4, -0.2) is 27.4 Å². The summed E-state index contributed by atoms with van der Waals surface area (Å²) in [4.78, 5) is 28.4. The number of aromatic nitrogens is 2. The SMILES string of the molecule is O=C(NC1CCCC1)[C@H](c1ccccc1)N(C(=O)c1csnn1)c1ccccc1. The highest BCUT2D eigenvalue weighted by molar-refractivity contribution is 7.03. The Morgan fingerprint density at radius 3 is 2.28 bits per heavy atom. The third-order valence-corrected chi connectivity index (χ3v) is 5.66. The maximum atomic E-state index is 13.5. The number of carbonyl (C=O) groups is 2. The van der Waals surface area contributed by atoms with Gasteiger partial charge in [-0.2, -0.15) is 0 Å². The van der Waals surface area contributed by atoms with E-state index in [1.807, 2.05) is 60.7 Å². The minimum absolute atomic E-state index is 0.155. The lowest BCUT2D eigenvalue weighted by atomic mass is 10.0. The van der Waals surface area contributed by atoms with E-state index >= 15 is 0 Å². The highest BCUT2D eigenvalue weighted by Gasteiger charge is 2.35. The van der Waals surface area contributed by atoms with E-state index < -0.39 is 6.04 Å². The molecule has 0 aliphatic heterocycles. The van der Waals surface area contributed by atoms with Crippen molar-refractivity contribution in [2.75, 3.05) is 4.90 Å². The van der Waals surface area contributed by atoms with Crippen molar-refractivity contribution >= 4 is 29.0 Å². The maximum absolute atomic E-state index is 13.5. The molecule has 0 spiro atoms. The van der Waals surface area contributed by atoms with Gasteiger partial charge in [-0.15, -0.1) is 5.10 Å². The summed E-state index contributed by atoms with van der Waals surface area (Å²) in [5, 5.41) is 8.71. The van der Waals surface area contributed by atoms with E-state index in [0.717, 1.165) is 42.8 Å². The van der Waals surface area contributed by atoms with Crippen LogP contribution in [0.1, 0.15) is 47.8 Å². The van der Waals surface area contributed by atoms with Crippen LogP contribution in [-0.2, 0) is 4.79 Å². The smallest absolute Gasteiger partial charge is 0.280 e. The van der Waals surface area contributed by atoms with Gasteiger partial charge in [0.25, 0.3) is 5.91 Å². The van der Waals surface area contributed by atoms with Crippen molar-refractivity contribution in [3.8, 4) is 0 Å². The van der Waals surface area contributed by atoms with E-state index in [9.17, 15) is 9.59 Å². The van der Waals surface area contributed by atoms with Gasteiger partial charge in [-0.3, -0.25) is 14.5 Å². The first-order chi connectivity index (χ1) is 14.2. The lowest BCUT2D eigenvalue weighted by molar-refractivity contribution is -0.123. The topological polar surface area (TPSA) is 75.2 Å². The summed E-state index contributed by atoms with van der Waals surface area (Å²) >= 11 is 1.11. The number of hydrogen-bond acceptors (Lipinski definition) is 5. The predicted octanol–water partition coefficient (Wildman–Crippen LogP) is 3.99. The lowest BCUT2D eigenvalue weighted by Gasteiger charge is -2.31. The molecule has 1 heterocycles. The van der Waals surface area contributed by atoms with Crippen LogP contribution in [0.15, 0.2) is 66.0 Å². The summed E-state index contributed by atoms with van der Waals surface area (Å²) in [5.41, 5.74) is 1.62. The number of anilines is 1. The summed E-state index contributed by atoms with van der Waals surface area (Å²) in [5.74, 6) is -0.524. The van der Waals surface area contributed by atoms with Crippen LogP contribution >= 0.6 is 11.5 Å². The highest BCUT2D eigenvalue weighted by Crippen LogP contribution is 2.30. The number of carbonyl (C=O) groups excluding carboxylic acids is 2. The Morgan fingerprint density at radius 1 is 1.00 bits per heavy atom. The molecule has 2 amide bonds. The molecule has 3 aromatic rings. The molecule has 0 bridgehead atoms.